The highest BCUT2D eigenvalue weighted by Gasteiger charge is 2.21. The molecule has 1 aromatic heterocycles. The van der Waals surface area contributed by atoms with Crippen molar-refractivity contribution in [2.45, 2.75) is 31.8 Å². The number of hydrogen-bond acceptors (Lipinski definition) is 3. The number of aliphatic hydroxyl groups is 1. The average molecular weight is 274 g/mol. The van der Waals surface area contributed by atoms with E-state index in [0.717, 1.165) is 23.3 Å². The molecule has 4 heteroatoms. The van der Waals surface area contributed by atoms with Crippen LogP contribution in [0.5, 0.6) is 5.75 Å². The summed E-state index contributed by atoms with van der Waals surface area (Å²) in [7, 11) is 3.55. The second-order valence-corrected chi connectivity index (χ2v) is 5.54. The van der Waals surface area contributed by atoms with Crippen LogP contribution in [0.3, 0.4) is 0 Å². The van der Waals surface area contributed by atoms with Gasteiger partial charge in [0.2, 0.25) is 0 Å². The van der Waals surface area contributed by atoms with Gasteiger partial charge < -0.3 is 9.84 Å². The zero-order valence-electron chi connectivity index (χ0n) is 12.3. The van der Waals surface area contributed by atoms with Crippen LogP contribution in [0.1, 0.15) is 24.5 Å². The van der Waals surface area contributed by atoms with Gasteiger partial charge in [-0.1, -0.05) is 12.1 Å². The van der Waals surface area contributed by atoms with Crippen LogP contribution in [0, 0.1) is 0 Å². The lowest BCUT2D eigenvalue weighted by Crippen LogP contribution is -2.27. The minimum atomic E-state index is -0.718. The standard InChI is InChI=1S/C16H22N2O2/c1-16(19,9-8-14-11-17-18(2)12-14)10-13-4-6-15(20-3)7-5-13/h4-7,11-12,19H,8-10H2,1-3H3. The Morgan fingerprint density at radius 2 is 1.95 bits per heavy atom. The summed E-state index contributed by atoms with van der Waals surface area (Å²) >= 11 is 0. The molecule has 0 aliphatic rings. The zero-order chi connectivity index (χ0) is 14.6. The lowest BCUT2D eigenvalue weighted by Gasteiger charge is -2.23. The number of ether oxygens (including phenoxy) is 1. The summed E-state index contributed by atoms with van der Waals surface area (Å²) in [6.07, 6.45) is 6.02. The highest BCUT2D eigenvalue weighted by atomic mass is 16.5. The maximum atomic E-state index is 10.5. The Bertz CT molecular complexity index is 544. The molecule has 0 saturated carbocycles. The van der Waals surface area contributed by atoms with Gasteiger partial charge in [0.15, 0.2) is 0 Å². The van der Waals surface area contributed by atoms with E-state index in [4.69, 9.17) is 4.74 Å². The van der Waals surface area contributed by atoms with Crippen molar-refractivity contribution in [1.29, 1.82) is 0 Å². The van der Waals surface area contributed by atoms with Gasteiger partial charge in [-0.3, -0.25) is 4.68 Å². The average Bonchev–Trinajstić information content (AvgIpc) is 2.83. The second-order valence-electron chi connectivity index (χ2n) is 5.54. The summed E-state index contributed by atoms with van der Waals surface area (Å²) in [4.78, 5) is 0. The zero-order valence-corrected chi connectivity index (χ0v) is 12.3. The molecule has 0 radical (unpaired) electrons. The number of hydrogen-bond donors (Lipinski definition) is 1. The van der Waals surface area contributed by atoms with Crippen LogP contribution >= 0.6 is 0 Å². The maximum Gasteiger partial charge on any atom is 0.118 e. The monoisotopic (exact) mass is 274 g/mol. The van der Waals surface area contributed by atoms with Crippen LogP contribution in [0.25, 0.3) is 0 Å². The minimum absolute atomic E-state index is 0.636. The molecule has 0 aliphatic carbocycles. The summed E-state index contributed by atoms with van der Waals surface area (Å²) < 4.78 is 6.92. The van der Waals surface area contributed by atoms with Crippen molar-refractivity contribution < 1.29 is 9.84 Å². The molecule has 2 rings (SSSR count). The molecule has 0 aliphatic heterocycles. The molecule has 0 amide bonds. The first-order valence-electron chi connectivity index (χ1n) is 6.81. The lowest BCUT2D eigenvalue weighted by atomic mass is 9.91. The van der Waals surface area contributed by atoms with E-state index in [-0.39, 0.29) is 0 Å². The van der Waals surface area contributed by atoms with Gasteiger partial charge in [-0.05, 0) is 43.0 Å². The normalized spacial score (nSPS) is 14.0. The van der Waals surface area contributed by atoms with E-state index in [9.17, 15) is 5.11 Å². The molecule has 0 spiro atoms. The van der Waals surface area contributed by atoms with Crippen LogP contribution in [0.2, 0.25) is 0 Å². The van der Waals surface area contributed by atoms with Crippen molar-refractivity contribution in [3.63, 3.8) is 0 Å². The van der Waals surface area contributed by atoms with Crippen molar-refractivity contribution >= 4 is 0 Å². The van der Waals surface area contributed by atoms with Crippen LogP contribution in [-0.2, 0) is 19.9 Å². The predicted molar refractivity (Wildman–Crippen MR) is 78.9 cm³/mol. The molecule has 1 unspecified atom stereocenters. The lowest BCUT2D eigenvalue weighted by molar-refractivity contribution is 0.0516. The summed E-state index contributed by atoms with van der Waals surface area (Å²) in [5.74, 6) is 0.837. The Hall–Kier alpha value is -1.81. The fraction of sp³-hybridized carbons (Fsp3) is 0.438. The Balaban J connectivity index is 1.92. The Morgan fingerprint density at radius 1 is 1.25 bits per heavy atom. The van der Waals surface area contributed by atoms with E-state index in [1.807, 2.05) is 50.6 Å². The largest absolute Gasteiger partial charge is 0.497 e. The molecule has 1 heterocycles. The fourth-order valence-electron chi connectivity index (χ4n) is 2.29. The topological polar surface area (TPSA) is 47.3 Å². The molecule has 0 saturated heterocycles. The van der Waals surface area contributed by atoms with Crippen molar-refractivity contribution in [3.05, 3.63) is 47.8 Å². The molecule has 1 atom stereocenters. The third kappa shape index (κ3) is 4.10. The highest BCUT2D eigenvalue weighted by Crippen LogP contribution is 2.21. The van der Waals surface area contributed by atoms with Crippen LogP contribution in [0.4, 0.5) is 0 Å². The first kappa shape index (κ1) is 14.6. The first-order valence-corrected chi connectivity index (χ1v) is 6.81. The van der Waals surface area contributed by atoms with Crippen molar-refractivity contribution in [1.82, 2.24) is 9.78 Å². The predicted octanol–water partition coefficient (Wildman–Crippen LogP) is 2.36. The molecule has 0 fully saturated rings. The van der Waals surface area contributed by atoms with Gasteiger partial charge >= 0.3 is 0 Å². The van der Waals surface area contributed by atoms with Crippen LogP contribution in [-0.4, -0.2) is 27.6 Å². The molecule has 0 bridgehead atoms. The molecule has 4 nitrogen and oxygen atoms in total. The Morgan fingerprint density at radius 3 is 2.50 bits per heavy atom. The van der Waals surface area contributed by atoms with E-state index < -0.39 is 5.60 Å². The van der Waals surface area contributed by atoms with E-state index in [1.54, 1.807) is 11.8 Å². The van der Waals surface area contributed by atoms with Gasteiger partial charge in [0.1, 0.15) is 5.75 Å². The van der Waals surface area contributed by atoms with E-state index in [0.29, 0.717) is 12.8 Å². The Labute approximate surface area is 120 Å². The number of rotatable bonds is 6. The number of aryl methyl sites for hydroxylation is 2. The number of nitrogens with zero attached hydrogens (tertiary/aromatic N) is 2. The van der Waals surface area contributed by atoms with Crippen molar-refractivity contribution in [2.24, 2.45) is 7.05 Å². The Kier molecular flexibility index (Phi) is 4.45. The summed E-state index contributed by atoms with van der Waals surface area (Å²) in [6.45, 7) is 1.88. The number of aromatic nitrogens is 2. The number of methoxy groups -OCH3 is 1. The highest BCUT2D eigenvalue weighted by molar-refractivity contribution is 5.28. The van der Waals surface area contributed by atoms with Gasteiger partial charge in [0, 0.05) is 19.7 Å². The quantitative estimate of drug-likeness (QED) is 0.879. The molecular weight excluding hydrogens is 252 g/mol. The molecule has 108 valence electrons. The third-order valence-electron chi connectivity index (χ3n) is 3.45. The first-order chi connectivity index (χ1) is 9.48. The number of benzene rings is 1. The minimum Gasteiger partial charge on any atom is -0.497 e. The van der Waals surface area contributed by atoms with Crippen molar-refractivity contribution in [2.75, 3.05) is 7.11 Å². The summed E-state index contributed by atoms with van der Waals surface area (Å²) in [5.41, 5.74) is 1.55. The summed E-state index contributed by atoms with van der Waals surface area (Å²) in [6, 6.07) is 7.84. The van der Waals surface area contributed by atoms with Gasteiger partial charge in [-0.25, -0.2) is 0 Å². The SMILES string of the molecule is COc1ccc(CC(C)(O)CCc2cnn(C)c2)cc1. The molecule has 2 aromatic rings. The van der Waals surface area contributed by atoms with Gasteiger partial charge in [0.05, 0.1) is 18.9 Å². The molecule has 20 heavy (non-hydrogen) atoms. The van der Waals surface area contributed by atoms with Gasteiger partial charge in [-0.2, -0.15) is 5.10 Å². The summed E-state index contributed by atoms with van der Waals surface area (Å²) in [5, 5.41) is 14.6. The van der Waals surface area contributed by atoms with Gasteiger partial charge in [0.25, 0.3) is 0 Å². The second kappa shape index (κ2) is 6.09. The smallest absolute Gasteiger partial charge is 0.118 e. The molecule has 1 aromatic carbocycles. The molecular formula is C16H22N2O2. The van der Waals surface area contributed by atoms with Crippen LogP contribution in [0.15, 0.2) is 36.7 Å². The van der Waals surface area contributed by atoms with Crippen molar-refractivity contribution in [3.8, 4) is 5.75 Å². The van der Waals surface area contributed by atoms with E-state index >= 15 is 0 Å². The molecule has 1 N–H and O–H groups in total. The van der Waals surface area contributed by atoms with Crippen LogP contribution < -0.4 is 4.74 Å². The van der Waals surface area contributed by atoms with E-state index in [1.165, 1.54) is 0 Å². The van der Waals surface area contributed by atoms with E-state index in [2.05, 4.69) is 5.10 Å². The fourth-order valence-corrected chi connectivity index (χ4v) is 2.29. The third-order valence-corrected chi connectivity index (χ3v) is 3.45. The van der Waals surface area contributed by atoms with Gasteiger partial charge in [-0.15, -0.1) is 0 Å². The maximum absolute atomic E-state index is 10.5.